The van der Waals surface area contributed by atoms with Crippen molar-refractivity contribution in [2.75, 3.05) is 5.73 Å². The number of carbonyl (C=O) groups is 1. The lowest BCUT2D eigenvalue weighted by atomic mass is 10.2. The normalized spacial score (nSPS) is 10.5. The molecule has 0 radical (unpaired) electrons. The zero-order chi connectivity index (χ0) is 14.5. The van der Waals surface area contributed by atoms with Crippen LogP contribution >= 0.6 is 0 Å². The first kappa shape index (κ1) is 14.1. The Bertz CT molecular complexity index is 590. The maximum absolute atomic E-state index is 12.8. The summed E-state index contributed by atoms with van der Waals surface area (Å²) in [6.45, 7) is 2.83. The van der Waals surface area contributed by atoms with Crippen LogP contribution in [0, 0.1) is 5.82 Å². The van der Waals surface area contributed by atoms with E-state index in [0.717, 1.165) is 12.0 Å². The zero-order valence-corrected chi connectivity index (χ0v) is 11.3. The molecule has 0 atom stereocenters. The molecule has 2 rings (SSSR count). The van der Waals surface area contributed by atoms with Gasteiger partial charge in [0.1, 0.15) is 18.1 Å². The van der Waals surface area contributed by atoms with Crippen LogP contribution in [-0.4, -0.2) is 10.5 Å². The number of nitrogens with two attached hydrogens (primary N) is 1. The number of hydrogen-bond donors (Lipinski definition) is 1. The summed E-state index contributed by atoms with van der Waals surface area (Å²) >= 11 is 0. The molecule has 0 unspecified atom stereocenters. The van der Waals surface area contributed by atoms with E-state index in [0.29, 0.717) is 17.9 Å². The van der Waals surface area contributed by atoms with Gasteiger partial charge in [0.25, 0.3) is 0 Å². The van der Waals surface area contributed by atoms with E-state index >= 15 is 0 Å². The van der Waals surface area contributed by atoms with Crippen LogP contribution < -0.4 is 5.73 Å². The number of esters is 1. The van der Waals surface area contributed by atoms with Crippen molar-refractivity contribution in [1.82, 2.24) is 4.57 Å². The number of nitrogen functional groups attached to an aromatic ring is 1. The third-order valence-electron chi connectivity index (χ3n) is 2.87. The van der Waals surface area contributed by atoms with Crippen molar-refractivity contribution < 1.29 is 13.9 Å². The Hall–Kier alpha value is -2.30. The molecule has 0 saturated carbocycles. The van der Waals surface area contributed by atoms with Gasteiger partial charge in [-0.25, -0.2) is 9.18 Å². The minimum Gasteiger partial charge on any atom is -0.456 e. The average molecular weight is 276 g/mol. The van der Waals surface area contributed by atoms with Gasteiger partial charge in [0.15, 0.2) is 0 Å². The highest BCUT2D eigenvalue weighted by molar-refractivity contribution is 5.89. The summed E-state index contributed by atoms with van der Waals surface area (Å²) in [6.07, 6.45) is 2.62. The van der Waals surface area contributed by atoms with Crippen LogP contribution in [0.3, 0.4) is 0 Å². The molecule has 20 heavy (non-hydrogen) atoms. The Balaban J connectivity index is 2.03. The molecular weight excluding hydrogens is 259 g/mol. The number of hydrogen-bond acceptors (Lipinski definition) is 3. The van der Waals surface area contributed by atoms with E-state index in [1.807, 2.05) is 6.92 Å². The van der Waals surface area contributed by atoms with Crippen LogP contribution in [0.25, 0.3) is 0 Å². The molecule has 4 nitrogen and oxygen atoms in total. The summed E-state index contributed by atoms with van der Waals surface area (Å²) in [6, 6.07) is 7.44. The minimum absolute atomic E-state index is 0.107. The number of aryl methyl sites for hydroxylation is 1. The number of aromatic nitrogens is 1. The van der Waals surface area contributed by atoms with Crippen molar-refractivity contribution in [2.24, 2.45) is 0 Å². The minimum atomic E-state index is -0.431. The van der Waals surface area contributed by atoms with E-state index in [1.165, 1.54) is 12.1 Å². The Kier molecular flexibility index (Phi) is 4.40. The first-order valence-electron chi connectivity index (χ1n) is 6.47. The van der Waals surface area contributed by atoms with Crippen LogP contribution in [0.15, 0.2) is 36.5 Å². The maximum atomic E-state index is 12.8. The molecule has 1 aromatic heterocycles. The number of nitrogens with zero attached hydrogens (tertiary/aromatic N) is 1. The van der Waals surface area contributed by atoms with Gasteiger partial charge in [-0.2, -0.15) is 0 Å². The van der Waals surface area contributed by atoms with Gasteiger partial charge >= 0.3 is 5.97 Å². The Morgan fingerprint density at radius 3 is 2.70 bits per heavy atom. The molecule has 0 aliphatic carbocycles. The molecule has 0 bridgehead atoms. The average Bonchev–Trinajstić information content (AvgIpc) is 2.79. The predicted molar refractivity (Wildman–Crippen MR) is 74.7 cm³/mol. The summed E-state index contributed by atoms with van der Waals surface area (Å²) in [5.41, 5.74) is 7.41. The second-order valence-corrected chi connectivity index (χ2v) is 4.55. The monoisotopic (exact) mass is 276 g/mol. The SMILES string of the molecule is CCCn1cc(N)cc1C(=O)OCc1ccc(F)cc1. The van der Waals surface area contributed by atoms with E-state index in [9.17, 15) is 9.18 Å². The zero-order valence-electron chi connectivity index (χ0n) is 11.3. The Morgan fingerprint density at radius 1 is 1.35 bits per heavy atom. The van der Waals surface area contributed by atoms with Crippen molar-refractivity contribution in [1.29, 1.82) is 0 Å². The summed E-state index contributed by atoms with van der Waals surface area (Å²) in [5, 5.41) is 0. The van der Waals surface area contributed by atoms with Crippen LogP contribution in [0.2, 0.25) is 0 Å². The van der Waals surface area contributed by atoms with Crippen molar-refractivity contribution >= 4 is 11.7 Å². The number of ether oxygens (including phenoxy) is 1. The predicted octanol–water partition coefficient (Wildman–Crippen LogP) is 2.98. The molecule has 0 fully saturated rings. The van der Waals surface area contributed by atoms with Crippen molar-refractivity contribution in [2.45, 2.75) is 26.5 Å². The summed E-state index contributed by atoms with van der Waals surface area (Å²) in [5.74, 6) is -0.746. The molecule has 0 saturated heterocycles. The Morgan fingerprint density at radius 2 is 2.05 bits per heavy atom. The molecule has 1 aromatic carbocycles. The highest BCUT2D eigenvalue weighted by Gasteiger charge is 2.14. The molecule has 0 amide bonds. The number of halogens is 1. The van der Waals surface area contributed by atoms with Gasteiger partial charge in [-0.3, -0.25) is 0 Å². The van der Waals surface area contributed by atoms with Crippen LogP contribution in [0.5, 0.6) is 0 Å². The molecule has 0 spiro atoms. The van der Waals surface area contributed by atoms with Gasteiger partial charge in [0, 0.05) is 12.7 Å². The smallest absolute Gasteiger partial charge is 0.355 e. The highest BCUT2D eigenvalue weighted by Crippen LogP contribution is 2.14. The van der Waals surface area contributed by atoms with Crippen molar-refractivity contribution in [3.8, 4) is 0 Å². The lowest BCUT2D eigenvalue weighted by Crippen LogP contribution is -2.11. The highest BCUT2D eigenvalue weighted by atomic mass is 19.1. The summed E-state index contributed by atoms with van der Waals surface area (Å²) in [7, 11) is 0. The van der Waals surface area contributed by atoms with E-state index in [1.54, 1.807) is 29.0 Å². The fraction of sp³-hybridized carbons (Fsp3) is 0.267. The fourth-order valence-corrected chi connectivity index (χ4v) is 1.93. The second-order valence-electron chi connectivity index (χ2n) is 4.55. The molecule has 2 aromatic rings. The summed E-state index contributed by atoms with van der Waals surface area (Å²) < 4.78 is 19.8. The van der Waals surface area contributed by atoms with Gasteiger partial charge < -0.3 is 15.0 Å². The molecular formula is C15H17FN2O2. The van der Waals surface area contributed by atoms with E-state index in [4.69, 9.17) is 10.5 Å². The molecule has 1 heterocycles. The van der Waals surface area contributed by atoms with Crippen LogP contribution in [-0.2, 0) is 17.9 Å². The standard InChI is InChI=1S/C15H17FN2O2/c1-2-7-18-9-13(17)8-14(18)15(19)20-10-11-3-5-12(16)6-4-11/h3-6,8-9H,2,7,10,17H2,1H3. The number of anilines is 1. The van der Waals surface area contributed by atoms with Crippen LogP contribution in [0.1, 0.15) is 29.4 Å². The number of benzene rings is 1. The number of rotatable bonds is 5. The molecule has 0 aliphatic heterocycles. The molecule has 2 N–H and O–H groups in total. The van der Waals surface area contributed by atoms with Gasteiger partial charge in [0.05, 0.1) is 5.69 Å². The van der Waals surface area contributed by atoms with Gasteiger partial charge in [-0.15, -0.1) is 0 Å². The third kappa shape index (κ3) is 3.38. The van der Waals surface area contributed by atoms with Gasteiger partial charge in [-0.05, 0) is 30.2 Å². The van der Waals surface area contributed by atoms with Crippen molar-refractivity contribution in [3.05, 3.63) is 53.6 Å². The van der Waals surface area contributed by atoms with E-state index in [2.05, 4.69) is 0 Å². The maximum Gasteiger partial charge on any atom is 0.355 e. The second kappa shape index (κ2) is 6.23. The molecule has 5 heteroatoms. The quantitative estimate of drug-likeness (QED) is 0.854. The lowest BCUT2D eigenvalue weighted by Gasteiger charge is -2.08. The largest absolute Gasteiger partial charge is 0.456 e. The van der Waals surface area contributed by atoms with Gasteiger partial charge in [-0.1, -0.05) is 19.1 Å². The first-order chi connectivity index (χ1) is 9.60. The van der Waals surface area contributed by atoms with E-state index in [-0.39, 0.29) is 12.4 Å². The van der Waals surface area contributed by atoms with Gasteiger partial charge in [0.2, 0.25) is 0 Å². The number of carbonyl (C=O) groups excluding carboxylic acids is 1. The van der Waals surface area contributed by atoms with E-state index < -0.39 is 5.97 Å². The lowest BCUT2D eigenvalue weighted by molar-refractivity contribution is 0.0460. The molecule has 106 valence electrons. The first-order valence-corrected chi connectivity index (χ1v) is 6.47. The third-order valence-corrected chi connectivity index (χ3v) is 2.87. The Labute approximate surface area is 117 Å². The topological polar surface area (TPSA) is 57.2 Å². The molecule has 0 aliphatic rings. The van der Waals surface area contributed by atoms with Crippen LogP contribution in [0.4, 0.5) is 10.1 Å². The van der Waals surface area contributed by atoms with Crippen molar-refractivity contribution in [3.63, 3.8) is 0 Å². The summed E-state index contributed by atoms with van der Waals surface area (Å²) in [4.78, 5) is 12.0. The fourth-order valence-electron chi connectivity index (χ4n) is 1.93.